The molecular formula is C15H22Si. The standard InChI is InChI=1S/C15H22Si/c1-15(2,3)16(4,5)14-11-10-12-8-6-7-9-13(12)14/h6-11,14H,1-5H3. The van der Waals surface area contributed by atoms with Crippen LogP contribution in [0.3, 0.4) is 0 Å². The van der Waals surface area contributed by atoms with Gasteiger partial charge in [-0.05, 0) is 21.7 Å². The van der Waals surface area contributed by atoms with Crippen LogP contribution in [0.25, 0.3) is 6.08 Å². The highest BCUT2D eigenvalue weighted by atomic mass is 28.3. The van der Waals surface area contributed by atoms with Crippen LogP contribution in [-0.4, -0.2) is 8.07 Å². The Morgan fingerprint density at radius 2 is 1.69 bits per heavy atom. The second kappa shape index (κ2) is 3.59. The van der Waals surface area contributed by atoms with Crippen LogP contribution in [-0.2, 0) is 0 Å². The molecule has 1 heteroatoms. The lowest BCUT2D eigenvalue weighted by atomic mass is 10.1. The highest BCUT2D eigenvalue weighted by Crippen LogP contribution is 2.48. The number of fused-ring (bicyclic) bond motifs is 1. The van der Waals surface area contributed by atoms with Crippen molar-refractivity contribution in [2.75, 3.05) is 0 Å². The van der Waals surface area contributed by atoms with E-state index < -0.39 is 8.07 Å². The molecule has 1 aromatic carbocycles. The molecule has 0 saturated heterocycles. The van der Waals surface area contributed by atoms with Crippen molar-refractivity contribution < 1.29 is 0 Å². The fraction of sp³-hybridized carbons (Fsp3) is 0.467. The zero-order valence-electron chi connectivity index (χ0n) is 11.0. The van der Waals surface area contributed by atoms with Crippen LogP contribution in [0.4, 0.5) is 0 Å². The summed E-state index contributed by atoms with van der Waals surface area (Å²) in [7, 11) is -1.31. The first-order chi connectivity index (χ1) is 7.34. The molecule has 0 N–H and O–H groups in total. The second-order valence-electron chi connectivity index (χ2n) is 6.44. The maximum absolute atomic E-state index is 2.52. The largest absolute Gasteiger partial charge is 0.0791 e. The van der Waals surface area contributed by atoms with E-state index in [9.17, 15) is 0 Å². The number of benzene rings is 1. The lowest BCUT2D eigenvalue weighted by molar-refractivity contribution is 0.705. The van der Waals surface area contributed by atoms with E-state index in [0.29, 0.717) is 10.6 Å². The Hall–Kier alpha value is -0.823. The maximum Gasteiger partial charge on any atom is 0.0649 e. The molecule has 0 bridgehead atoms. The Labute approximate surface area is 100 Å². The summed E-state index contributed by atoms with van der Waals surface area (Å²) in [6.45, 7) is 12.2. The van der Waals surface area contributed by atoms with Gasteiger partial charge < -0.3 is 0 Å². The van der Waals surface area contributed by atoms with Gasteiger partial charge >= 0.3 is 0 Å². The molecule has 0 spiro atoms. The van der Waals surface area contributed by atoms with Crippen LogP contribution in [0.2, 0.25) is 18.1 Å². The van der Waals surface area contributed by atoms with E-state index in [1.165, 1.54) is 5.56 Å². The molecule has 1 unspecified atom stereocenters. The molecule has 0 amide bonds. The summed E-state index contributed by atoms with van der Waals surface area (Å²) in [5.74, 6) is 0. The number of rotatable bonds is 1. The molecule has 86 valence electrons. The molecule has 1 atom stereocenters. The fourth-order valence-electron chi connectivity index (χ4n) is 2.35. The molecule has 0 aliphatic heterocycles. The lowest BCUT2D eigenvalue weighted by Crippen LogP contribution is -2.42. The predicted molar refractivity (Wildman–Crippen MR) is 75.4 cm³/mol. The van der Waals surface area contributed by atoms with Crippen molar-refractivity contribution in [2.45, 2.75) is 44.4 Å². The van der Waals surface area contributed by atoms with Gasteiger partial charge in [-0.3, -0.25) is 0 Å². The zero-order chi connectivity index (χ0) is 12.0. The lowest BCUT2D eigenvalue weighted by Gasteiger charge is -2.41. The molecule has 0 heterocycles. The summed E-state index contributed by atoms with van der Waals surface area (Å²) in [5.41, 5.74) is 3.66. The van der Waals surface area contributed by atoms with Crippen LogP contribution >= 0.6 is 0 Å². The van der Waals surface area contributed by atoms with Gasteiger partial charge in [0.1, 0.15) is 0 Å². The van der Waals surface area contributed by atoms with Crippen LogP contribution in [0.5, 0.6) is 0 Å². The van der Waals surface area contributed by atoms with E-state index in [1.807, 2.05) is 0 Å². The smallest absolute Gasteiger partial charge is 0.0649 e. The summed E-state index contributed by atoms with van der Waals surface area (Å²) < 4.78 is 0. The Bertz CT molecular complexity index is 421. The predicted octanol–water partition coefficient (Wildman–Crippen LogP) is 4.84. The van der Waals surface area contributed by atoms with Gasteiger partial charge in [0.15, 0.2) is 0 Å². The molecule has 1 aliphatic rings. The van der Waals surface area contributed by atoms with Gasteiger partial charge in [-0.25, -0.2) is 0 Å². The molecule has 0 saturated carbocycles. The minimum absolute atomic E-state index is 0.444. The molecule has 1 aromatic rings. The zero-order valence-corrected chi connectivity index (χ0v) is 12.0. The third kappa shape index (κ3) is 1.67. The first kappa shape index (κ1) is 11.7. The molecular weight excluding hydrogens is 208 g/mol. The summed E-state index contributed by atoms with van der Waals surface area (Å²) in [5, 5.41) is 0.444. The monoisotopic (exact) mass is 230 g/mol. The van der Waals surface area contributed by atoms with Gasteiger partial charge in [0.25, 0.3) is 0 Å². The van der Waals surface area contributed by atoms with Gasteiger partial charge in [0.2, 0.25) is 0 Å². The van der Waals surface area contributed by atoms with Gasteiger partial charge in [0.05, 0.1) is 8.07 Å². The SMILES string of the molecule is CC(C)(C)[Si](C)(C)C1C=Cc2ccccc21. The minimum Gasteiger partial charge on any atom is -0.0791 e. The number of allylic oxidation sites excluding steroid dienone is 1. The molecule has 0 aromatic heterocycles. The van der Waals surface area contributed by atoms with Crippen LogP contribution < -0.4 is 0 Å². The average molecular weight is 230 g/mol. The minimum atomic E-state index is -1.31. The van der Waals surface area contributed by atoms with Crippen molar-refractivity contribution in [3.63, 3.8) is 0 Å². The first-order valence-electron chi connectivity index (χ1n) is 6.11. The second-order valence-corrected chi connectivity index (χ2v) is 12.0. The van der Waals surface area contributed by atoms with Crippen molar-refractivity contribution >= 4 is 14.1 Å². The van der Waals surface area contributed by atoms with Gasteiger partial charge in [-0.1, -0.05) is 70.3 Å². The maximum atomic E-state index is 2.52. The van der Waals surface area contributed by atoms with Crippen molar-refractivity contribution in [3.05, 3.63) is 41.5 Å². The van der Waals surface area contributed by atoms with Crippen LogP contribution in [0.1, 0.15) is 37.4 Å². The summed E-state index contributed by atoms with van der Waals surface area (Å²) in [4.78, 5) is 0. The molecule has 0 fully saturated rings. The molecule has 1 aliphatic carbocycles. The van der Waals surface area contributed by atoms with Crippen molar-refractivity contribution in [1.82, 2.24) is 0 Å². The molecule has 16 heavy (non-hydrogen) atoms. The fourth-order valence-corrected chi connectivity index (χ4v) is 4.90. The topological polar surface area (TPSA) is 0 Å². The number of hydrogen-bond donors (Lipinski definition) is 0. The van der Waals surface area contributed by atoms with Crippen molar-refractivity contribution in [1.29, 1.82) is 0 Å². The summed E-state index contributed by atoms with van der Waals surface area (Å²) in [6.07, 6.45) is 4.74. The molecule has 2 rings (SSSR count). The van der Waals surface area contributed by atoms with Gasteiger partial charge in [-0.2, -0.15) is 0 Å². The van der Waals surface area contributed by atoms with E-state index in [2.05, 4.69) is 70.3 Å². The van der Waals surface area contributed by atoms with Gasteiger partial charge in [0, 0.05) is 0 Å². The number of hydrogen-bond acceptors (Lipinski definition) is 0. The van der Waals surface area contributed by atoms with Crippen molar-refractivity contribution in [2.24, 2.45) is 0 Å². The highest BCUT2D eigenvalue weighted by molar-refractivity contribution is 6.82. The van der Waals surface area contributed by atoms with Crippen molar-refractivity contribution in [3.8, 4) is 0 Å². The Kier molecular flexibility index (Phi) is 2.62. The summed E-state index contributed by atoms with van der Waals surface area (Å²) in [6, 6.07) is 8.85. The van der Waals surface area contributed by atoms with E-state index in [1.54, 1.807) is 5.56 Å². The van der Waals surface area contributed by atoms with E-state index in [0.717, 1.165) is 0 Å². The normalized spacial score (nSPS) is 19.9. The molecule has 0 nitrogen and oxygen atoms in total. The Balaban J connectivity index is 2.43. The Morgan fingerprint density at radius 3 is 2.31 bits per heavy atom. The highest BCUT2D eigenvalue weighted by Gasteiger charge is 2.43. The van der Waals surface area contributed by atoms with Gasteiger partial charge in [-0.15, -0.1) is 0 Å². The quantitative estimate of drug-likeness (QED) is 0.605. The molecule has 0 radical (unpaired) electrons. The third-order valence-electron chi connectivity index (χ3n) is 4.51. The van der Waals surface area contributed by atoms with E-state index in [-0.39, 0.29) is 0 Å². The van der Waals surface area contributed by atoms with E-state index >= 15 is 0 Å². The first-order valence-corrected chi connectivity index (χ1v) is 9.19. The van der Waals surface area contributed by atoms with E-state index in [4.69, 9.17) is 0 Å². The van der Waals surface area contributed by atoms with Crippen LogP contribution in [0, 0.1) is 0 Å². The average Bonchev–Trinajstić information content (AvgIpc) is 2.59. The third-order valence-corrected chi connectivity index (χ3v) is 10.4. The van der Waals surface area contributed by atoms with Crippen LogP contribution in [0.15, 0.2) is 30.3 Å². The summed E-state index contributed by atoms with van der Waals surface area (Å²) >= 11 is 0. The Morgan fingerprint density at radius 1 is 1.06 bits per heavy atom.